The molecule has 2 rings (SSSR count). The van der Waals surface area contributed by atoms with Crippen LogP contribution in [0.15, 0.2) is 10.6 Å². The van der Waals surface area contributed by atoms with Crippen molar-refractivity contribution < 1.29 is 19.2 Å². The molecule has 1 fully saturated rings. The molecule has 0 aliphatic carbocycles. The van der Waals surface area contributed by atoms with Crippen molar-refractivity contribution in [1.82, 2.24) is 15.4 Å². The summed E-state index contributed by atoms with van der Waals surface area (Å²) < 4.78 is 4.54. The Morgan fingerprint density at radius 3 is 3.00 bits per heavy atom. The predicted molar refractivity (Wildman–Crippen MR) is 61.4 cm³/mol. The monoisotopic (exact) mass is 253 g/mol. The van der Waals surface area contributed by atoms with E-state index in [0.29, 0.717) is 0 Å². The molecule has 0 saturated carbocycles. The summed E-state index contributed by atoms with van der Waals surface area (Å²) in [4.78, 5) is 24.5. The van der Waals surface area contributed by atoms with Gasteiger partial charge in [-0.3, -0.25) is 4.79 Å². The molecule has 1 atom stereocenters. The number of carboxylic acid groups (broad SMARTS) is 1. The van der Waals surface area contributed by atoms with Gasteiger partial charge in [0.1, 0.15) is 0 Å². The maximum absolute atomic E-state index is 11.8. The average Bonchev–Trinajstić information content (AvgIpc) is 2.78. The lowest BCUT2D eigenvalue weighted by atomic mass is 10.1. The van der Waals surface area contributed by atoms with Gasteiger partial charge in [0.05, 0.1) is 0 Å². The van der Waals surface area contributed by atoms with Crippen LogP contribution in [-0.4, -0.2) is 53.2 Å². The zero-order valence-electron chi connectivity index (χ0n) is 10.0. The van der Waals surface area contributed by atoms with Gasteiger partial charge in [0.25, 0.3) is 5.91 Å². The molecule has 0 spiro atoms. The molecule has 1 saturated heterocycles. The lowest BCUT2D eigenvalue weighted by molar-refractivity contribution is 0.0650. The van der Waals surface area contributed by atoms with E-state index in [9.17, 15) is 9.59 Å². The maximum Gasteiger partial charge on any atom is 0.374 e. The van der Waals surface area contributed by atoms with Gasteiger partial charge in [-0.2, -0.15) is 0 Å². The van der Waals surface area contributed by atoms with Crippen LogP contribution in [0, 0.1) is 0 Å². The minimum Gasteiger partial charge on any atom is -0.475 e. The molecule has 1 aliphatic heterocycles. The van der Waals surface area contributed by atoms with Gasteiger partial charge in [-0.1, -0.05) is 5.16 Å². The SMILES string of the molecule is CN1CCCC(NC(=O)c2cc(C(=O)O)on2)C1. The summed E-state index contributed by atoms with van der Waals surface area (Å²) in [5, 5.41) is 14.9. The van der Waals surface area contributed by atoms with E-state index < -0.39 is 11.9 Å². The molecule has 1 unspecified atom stereocenters. The van der Waals surface area contributed by atoms with E-state index in [1.807, 2.05) is 7.05 Å². The largest absolute Gasteiger partial charge is 0.475 e. The van der Waals surface area contributed by atoms with Crippen LogP contribution in [0.2, 0.25) is 0 Å². The van der Waals surface area contributed by atoms with Crippen LogP contribution in [0.1, 0.15) is 33.9 Å². The van der Waals surface area contributed by atoms with Crippen LogP contribution in [0.5, 0.6) is 0 Å². The molecule has 98 valence electrons. The molecular formula is C11H15N3O4. The van der Waals surface area contributed by atoms with E-state index in [2.05, 4.69) is 19.9 Å². The third-order valence-electron chi connectivity index (χ3n) is 2.91. The number of hydrogen-bond acceptors (Lipinski definition) is 5. The number of aromatic nitrogens is 1. The molecule has 1 aromatic heterocycles. The minimum atomic E-state index is -1.24. The molecule has 0 aromatic carbocycles. The standard InChI is InChI=1S/C11H15N3O4/c1-14-4-2-3-7(6-14)12-10(15)8-5-9(11(16)17)18-13-8/h5,7H,2-4,6H2,1H3,(H,12,15)(H,16,17). The first-order chi connectivity index (χ1) is 8.56. The van der Waals surface area contributed by atoms with Crippen LogP contribution in [0.4, 0.5) is 0 Å². The number of carbonyl (C=O) groups excluding carboxylic acids is 1. The number of nitrogens with zero attached hydrogens (tertiary/aromatic N) is 2. The van der Waals surface area contributed by atoms with Crippen LogP contribution >= 0.6 is 0 Å². The lowest BCUT2D eigenvalue weighted by Crippen LogP contribution is -2.46. The summed E-state index contributed by atoms with van der Waals surface area (Å²) in [7, 11) is 2.00. The van der Waals surface area contributed by atoms with Crippen molar-refractivity contribution in [3.05, 3.63) is 17.5 Å². The number of amides is 1. The second-order valence-corrected chi connectivity index (χ2v) is 4.46. The maximum atomic E-state index is 11.8. The summed E-state index contributed by atoms with van der Waals surface area (Å²) in [6, 6.07) is 1.20. The zero-order chi connectivity index (χ0) is 13.1. The lowest BCUT2D eigenvalue weighted by Gasteiger charge is -2.29. The van der Waals surface area contributed by atoms with Gasteiger partial charge in [0.2, 0.25) is 5.76 Å². The average molecular weight is 253 g/mol. The molecule has 0 radical (unpaired) electrons. The molecule has 0 bridgehead atoms. The van der Waals surface area contributed by atoms with Gasteiger partial charge in [0.15, 0.2) is 5.69 Å². The number of nitrogens with one attached hydrogen (secondary N) is 1. The quantitative estimate of drug-likeness (QED) is 0.798. The Hall–Kier alpha value is -1.89. The summed E-state index contributed by atoms with van der Waals surface area (Å²) in [5.74, 6) is -1.97. The Kier molecular flexibility index (Phi) is 3.61. The predicted octanol–water partition coefficient (Wildman–Crippen LogP) is 0.197. The fourth-order valence-corrected chi connectivity index (χ4v) is 2.03. The van der Waals surface area contributed by atoms with Crippen molar-refractivity contribution in [3.8, 4) is 0 Å². The number of likely N-dealkylation sites (tertiary alicyclic amines) is 1. The van der Waals surface area contributed by atoms with E-state index in [0.717, 1.165) is 32.0 Å². The van der Waals surface area contributed by atoms with Crippen molar-refractivity contribution in [2.24, 2.45) is 0 Å². The highest BCUT2D eigenvalue weighted by Gasteiger charge is 2.22. The molecule has 7 heteroatoms. The van der Waals surface area contributed by atoms with E-state index in [1.165, 1.54) is 0 Å². The van der Waals surface area contributed by atoms with Gasteiger partial charge in [-0.15, -0.1) is 0 Å². The third kappa shape index (κ3) is 2.86. The van der Waals surface area contributed by atoms with Crippen LogP contribution in [0.25, 0.3) is 0 Å². The number of rotatable bonds is 3. The summed E-state index contributed by atoms with van der Waals surface area (Å²) in [6.45, 7) is 1.81. The number of hydrogen-bond donors (Lipinski definition) is 2. The highest BCUT2D eigenvalue weighted by Crippen LogP contribution is 2.09. The van der Waals surface area contributed by atoms with Gasteiger partial charge in [-0.05, 0) is 26.4 Å². The van der Waals surface area contributed by atoms with Gasteiger partial charge in [-0.25, -0.2) is 4.79 Å². The van der Waals surface area contributed by atoms with E-state index in [4.69, 9.17) is 5.11 Å². The Labute approximate surface area is 104 Å². The third-order valence-corrected chi connectivity index (χ3v) is 2.91. The van der Waals surface area contributed by atoms with E-state index in [1.54, 1.807) is 0 Å². The first kappa shape index (κ1) is 12.6. The summed E-state index contributed by atoms with van der Waals surface area (Å²) in [6.07, 6.45) is 1.94. The minimum absolute atomic E-state index is 0.000580. The molecular weight excluding hydrogens is 238 g/mol. The summed E-state index contributed by atoms with van der Waals surface area (Å²) >= 11 is 0. The summed E-state index contributed by atoms with van der Waals surface area (Å²) in [5.41, 5.74) is 0.000580. The number of carbonyl (C=O) groups is 2. The second-order valence-electron chi connectivity index (χ2n) is 4.46. The topological polar surface area (TPSA) is 95.7 Å². The number of aromatic carboxylic acids is 1. The van der Waals surface area contributed by atoms with Gasteiger partial charge >= 0.3 is 5.97 Å². The van der Waals surface area contributed by atoms with E-state index in [-0.39, 0.29) is 17.5 Å². The number of piperidine rings is 1. The Morgan fingerprint density at radius 2 is 2.39 bits per heavy atom. The van der Waals surface area contributed by atoms with Crippen LogP contribution < -0.4 is 5.32 Å². The highest BCUT2D eigenvalue weighted by molar-refractivity contribution is 5.94. The fraction of sp³-hybridized carbons (Fsp3) is 0.545. The van der Waals surface area contributed by atoms with Crippen molar-refractivity contribution in [2.45, 2.75) is 18.9 Å². The van der Waals surface area contributed by atoms with Gasteiger partial charge in [0, 0.05) is 18.7 Å². The zero-order valence-corrected chi connectivity index (χ0v) is 10.0. The number of carboxylic acids is 1. The van der Waals surface area contributed by atoms with Crippen LogP contribution in [-0.2, 0) is 0 Å². The van der Waals surface area contributed by atoms with Crippen molar-refractivity contribution in [1.29, 1.82) is 0 Å². The fourth-order valence-electron chi connectivity index (χ4n) is 2.03. The molecule has 7 nitrogen and oxygen atoms in total. The van der Waals surface area contributed by atoms with Crippen molar-refractivity contribution in [3.63, 3.8) is 0 Å². The smallest absolute Gasteiger partial charge is 0.374 e. The Balaban J connectivity index is 1.96. The highest BCUT2D eigenvalue weighted by atomic mass is 16.5. The molecule has 2 N–H and O–H groups in total. The first-order valence-electron chi connectivity index (χ1n) is 5.75. The van der Waals surface area contributed by atoms with Crippen molar-refractivity contribution in [2.75, 3.05) is 20.1 Å². The van der Waals surface area contributed by atoms with Crippen LogP contribution in [0.3, 0.4) is 0 Å². The molecule has 18 heavy (non-hydrogen) atoms. The molecule has 2 heterocycles. The number of likely N-dealkylation sites (N-methyl/N-ethyl adjacent to an activating group) is 1. The van der Waals surface area contributed by atoms with Gasteiger partial charge < -0.3 is 19.8 Å². The molecule has 1 amide bonds. The normalized spacial score (nSPS) is 20.6. The molecule has 1 aliphatic rings. The Bertz CT molecular complexity index is 457. The van der Waals surface area contributed by atoms with E-state index >= 15 is 0 Å². The van der Waals surface area contributed by atoms with Crippen molar-refractivity contribution >= 4 is 11.9 Å². The second kappa shape index (κ2) is 5.18. The first-order valence-corrected chi connectivity index (χ1v) is 5.75. The molecule has 1 aromatic rings. The Morgan fingerprint density at radius 1 is 1.61 bits per heavy atom.